The summed E-state index contributed by atoms with van der Waals surface area (Å²) in [7, 11) is 1.96. The maximum Gasteiger partial charge on any atom is 0.123 e. The Kier molecular flexibility index (Phi) is 4.53. The number of benzene rings is 1. The lowest BCUT2D eigenvalue weighted by molar-refractivity contribution is 0.819. The predicted octanol–water partition coefficient (Wildman–Crippen LogP) is 3.03. The van der Waals surface area contributed by atoms with Crippen LogP contribution in [0.5, 0.6) is 0 Å². The van der Waals surface area contributed by atoms with Gasteiger partial charge in [-0.1, -0.05) is 6.07 Å². The molecule has 0 spiro atoms. The number of rotatable bonds is 5. The first-order valence-electron chi connectivity index (χ1n) is 7.89. The van der Waals surface area contributed by atoms with Crippen molar-refractivity contribution in [2.45, 2.75) is 26.3 Å². The lowest BCUT2D eigenvalue weighted by Gasteiger charge is -2.07. The average molecular weight is 306 g/mol. The van der Waals surface area contributed by atoms with Gasteiger partial charge in [0.2, 0.25) is 0 Å². The number of nitrogens with one attached hydrogen (secondary N) is 1. The van der Waals surface area contributed by atoms with E-state index in [2.05, 4.69) is 45.6 Å². The van der Waals surface area contributed by atoms with E-state index in [1.165, 1.54) is 16.5 Å². The van der Waals surface area contributed by atoms with Crippen molar-refractivity contribution >= 4 is 16.7 Å². The van der Waals surface area contributed by atoms with Crippen LogP contribution in [0.15, 0.2) is 42.6 Å². The lowest BCUT2D eigenvalue weighted by Crippen LogP contribution is -2.04. The molecule has 2 aromatic heterocycles. The van der Waals surface area contributed by atoms with Gasteiger partial charge in [-0.25, -0.2) is 4.98 Å². The topological polar surface area (TPSA) is 63.8 Å². The number of hydrogen-bond acceptors (Lipinski definition) is 4. The summed E-state index contributed by atoms with van der Waals surface area (Å²) in [6.07, 6.45) is 3.74. The summed E-state index contributed by atoms with van der Waals surface area (Å²) in [5.74, 6) is 0.591. The molecule has 0 aliphatic carbocycles. The van der Waals surface area contributed by atoms with Crippen molar-refractivity contribution in [3.8, 4) is 0 Å². The molecular formula is C19H22N4. The molecule has 3 N–H and O–H groups in total. The highest BCUT2D eigenvalue weighted by molar-refractivity contribution is 5.79. The Morgan fingerprint density at radius 2 is 1.87 bits per heavy atom. The molecule has 0 atom stereocenters. The van der Waals surface area contributed by atoms with Crippen molar-refractivity contribution in [2.75, 3.05) is 12.8 Å². The van der Waals surface area contributed by atoms with Crippen LogP contribution >= 0.6 is 0 Å². The van der Waals surface area contributed by atoms with Crippen LogP contribution in [0.25, 0.3) is 10.9 Å². The first-order valence-corrected chi connectivity index (χ1v) is 7.89. The standard InChI is InChI=1S/C19H22N4/c1-13-7-17(23-19(20)8-13)5-3-15-10-16-9-14(11-21-2)4-6-18(16)22-12-15/h4,6-10,12,21H,3,5,11H2,1-2H3,(H2,20,23). The van der Waals surface area contributed by atoms with Crippen molar-refractivity contribution in [3.63, 3.8) is 0 Å². The zero-order chi connectivity index (χ0) is 16.2. The van der Waals surface area contributed by atoms with Gasteiger partial charge in [0.05, 0.1) is 5.52 Å². The van der Waals surface area contributed by atoms with Gasteiger partial charge in [-0.2, -0.15) is 0 Å². The Morgan fingerprint density at radius 3 is 2.65 bits per heavy atom. The molecule has 0 bridgehead atoms. The Labute approximate surface area is 136 Å². The molecule has 0 aliphatic heterocycles. The molecule has 118 valence electrons. The van der Waals surface area contributed by atoms with E-state index < -0.39 is 0 Å². The minimum absolute atomic E-state index is 0.591. The number of fused-ring (bicyclic) bond motifs is 1. The Bertz CT molecular complexity index is 806. The monoisotopic (exact) mass is 306 g/mol. The SMILES string of the molecule is CNCc1ccc2ncc(CCc3cc(C)cc(N)n3)cc2c1. The minimum atomic E-state index is 0.591. The van der Waals surface area contributed by atoms with Gasteiger partial charge < -0.3 is 11.1 Å². The van der Waals surface area contributed by atoms with Crippen LogP contribution in [0, 0.1) is 6.92 Å². The summed E-state index contributed by atoms with van der Waals surface area (Å²) in [4.78, 5) is 8.96. The van der Waals surface area contributed by atoms with Crippen LogP contribution in [0.2, 0.25) is 0 Å². The molecule has 0 saturated carbocycles. The van der Waals surface area contributed by atoms with Crippen LogP contribution in [0.1, 0.15) is 22.4 Å². The number of nitrogens with zero attached hydrogens (tertiary/aromatic N) is 2. The van der Waals surface area contributed by atoms with Crippen LogP contribution in [0.3, 0.4) is 0 Å². The van der Waals surface area contributed by atoms with Crippen LogP contribution in [-0.4, -0.2) is 17.0 Å². The molecule has 2 heterocycles. The van der Waals surface area contributed by atoms with Crippen LogP contribution in [-0.2, 0) is 19.4 Å². The molecule has 0 fully saturated rings. The second-order valence-electron chi connectivity index (χ2n) is 5.96. The zero-order valence-electron chi connectivity index (χ0n) is 13.6. The summed E-state index contributed by atoms with van der Waals surface area (Å²) in [6.45, 7) is 2.91. The van der Waals surface area contributed by atoms with Crippen LogP contribution in [0.4, 0.5) is 5.82 Å². The molecule has 3 aromatic rings. The van der Waals surface area contributed by atoms with Gasteiger partial charge in [-0.05, 0) is 73.8 Å². The first-order chi connectivity index (χ1) is 11.1. The Hall–Kier alpha value is -2.46. The fourth-order valence-corrected chi connectivity index (χ4v) is 2.85. The smallest absolute Gasteiger partial charge is 0.123 e. The van der Waals surface area contributed by atoms with Gasteiger partial charge in [0.1, 0.15) is 5.82 Å². The Morgan fingerprint density at radius 1 is 1.04 bits per heavy atom. The lowest BCUT2D eigenvalue weighted by atomic mass is 10.0. The molecule has 0 radical (unpaired) electrons. The molecule has 4 nitrogen and oxygen atoms in total. The summed E-state index contributed by atoms with van der Waals surface area (Å²) < 4.78 is 0. The molecule has 4 heteroatoms. The number of aryl methyl sites for hydroxylation is 3. The van der Waals surface area contributed by atoms with E-state index in [-0.39, 0.29) is 0 Å². The number of nitrogen functional groups attached to an aromatic ring is 1. The van der Waals surface area contributed by atoms with E-state index in [0.29, 0.717) is 5.82 Å². The second-order valence-corrected chi connectivity index (χ2v) is 5.96. The van der Waals surface area contributed by atoms with Crippen molar-refractivity contribution in [3.05, 3.63) is 65.0 Å². The van der Waals surface area contributed by atoms with E-state index in [1.807, 2.05) is 26.2 Å². The summed E-state index contributed by atoms with van der Waals surface area (Å²) >= 11 is 0. The number of pyridine rings is 2. The molecular weight excluding hydrogens is 284 g/mol. The normalized spacial score (nSPS) is 11.0. The van der Waals surface area contributed by atoms with E-state index in [1.54, 1.807) is 0 Å². The first kappa shape index (κ1) is 15.4. The number of nitrogens with two attached hydrogens (primary N) is 1. The van der Waals surface area contributed by atoms with E-state index in [9.17, 15) is 0 Å². The maximum absolute atomic E-state index is 5.82. The summed E-state index contributed by atoms with van der Waals surface area (Å²) in [6, 6.07) is 12.6. The fourth-order valence-electron chi connectivity index (χ4n) is 2.85. The van der Waals surface area contributed by atoms with Gasteiger partial charge in [0, 0.05) is 23.8 Å². The van der Waals surface area contributed by atoms with Crippen LogP contribution < -0.4 is 11.1 Å². The third kappa shape index (κ3) is 3.85. The van der Waals surface area contributed by atoms with Gasteiger partial charge >= 0.3 is 0 Å². The fraction of sp³-hybridized carbons (Fsp3) is 0.263. The van der Waals surface area contributed by atoms with Crippen molar-refractivity contribution in [2.24, 2.45) is 0 Å². The summed E-state index contributed by atoms with van der Waals surface area (Å²) in [5.41, 5.74) is 11.5. The highest BCUT2D eigenvalue weighted by atomic mass is 14.8. The molecule has 1 aromatic carbocycles. The second kappa shape index (κ2) is 6.75. The van der Waals surface area contributed by atoms with Crippen molar-refractivity contribution < 1.29 is 0 Å². The highest BCUT2D eigenvalue weighted by Crippen LogP contribution is 2.17. The zero-order valence-corrected chi connectivity index (χ0v) is 13.6. The number of anilines is 1. The molecule has 0 saturated heterocycles. The van der Waals surface area contributed by atoms with Gasteiger partial charge in [-0.3, -0.25) is 4.98 Å². The third-order valence-electron chi connectivity index (χ3n) is 3.90. The van der Waals surface area contributed by atoms with Crippen molar-refractivity contribution in [1.29, 1.82) is 0 Å². The third-order valence-corrected chi connectivity index (χ3v) is 3.90. The quantitative estimate of drug-likeness (QED) is 0.760. The van der Waals surface area contributed by atoms with Gasteiger partial charge in [0.15, 0.2) is 0 Å². The molecule has 0 aliphatic rings. The average Bonchev–Trinajstić information content (AvgIpc) is 2.52. The van der Waals surface area contributed by atoms with E-state index in [4.69, 9.17) is 5.73 Å². The largest absolute Gasteiger partial charge is 0.384 e. The summed E-state index contributed by atoms with van der Waals surface area (Å²) in [5, 5.41) is 4.37. The number of hydrogen-bond donors (Lipinski definition) is 2. The van der Waals surface area contributed by atoms with Gasteiger partial charge in [-0.15, -0.1) is 0 Å². The van der Waals surface area contributed by atoms with Crippen molar-refractivity contribution in [1.82, 2.24) is 15.3 Å². The minimum Gasteiger partial charge on any atom is -0.384 e. The van der Waals surface area contributed by atoms with E-state index >= 15 is 0 Å². The molecule has 23 heavy (non-hydrogen) atoms. The molecule has 3 rings (SSSR count). The van der Waals surface area contributed by atoms with Gasteiger partial charge in [0.25, 0.3) is 0 Å². The highest BCUT2D eigenvalue weighted by Gasteiger charge is 2.03. The maximum atomic E-state index is 5.82. The Balaban J connectivity index is 1.79. The molecule has 0 unspecified atom stereocenters. The molecule has 0 amide bonds. The predicted molar refractivity (Wildman–Crippen MR) is 95.3 cm³/mol. The van der Waals surface area contributed by atoms with E-state index in [0.717, 1.165) is 36.2 Å². The number of aromatic nitrogens is 2.